The van der Waals surface area contributed by atoms with Gasteiger partial charge in [-0.1, -0.05) is 0 Å². The van der Waals surface area contributed by atoms with E-state index in [1.807, 2.05) is 0 Å². The summed E-state index contributed by atoms with van der Waals surface area (Å²) in [6, 6.07) is 0. The molecule has 0 saturated heterocycles. The molecule has 0 aliphatic heterocycles. The Bertz CT molecular complexity index is 789. The maximum absolute atomic E-state index is 11.8. The number of hydrogen-bond acceptors (Lipinski definition) is 20. The first-order valence-corrected chi connectivity index (χ1v) is 19.8. The van der Waals surface area contributed by atoms with Crippen LogP contribution in [-0.4, -0.2) is 238 Å². The lowest BCUT2D eigenvalue weighted by Gasteiger charge is -2.08. The molecule has 0 bridgehead atoms. The number of rotatable bonds is 50. The average Bonchev–Trinajstić information content (AvgIpc) is 3.23. The minimum atomic E-state index is -0.684. The molecule has 0 aliphatic carbocycles. The van der Waals surface area contributed by atoms with Crippen LogP contribution in [0.1, 0.15) is 0 Å². The van der Waals surface area contributed by atoms with Gasteiger partial charge in [-0.15, -0.1) is 0 Å². The van der Waals surface area contributed by atoms with Gasteiger partial charge in [-0.25, -0.2) is 9.59 Å². The average molecular weight is 849 g/mol. The van der Waals surface area contributed by atoms with Crippen LogP contribution in [-0.2, 0) is 94.9 Å². The van der Waals surface area contributed by atoms with E-state index in [9.17, 15) is 9.59 Å². The number of esters is 2. The molecule has 0 saturated carbocycles. The minimum Gasteiger partial charge on any atom is -0.460 e. The fourth-order valence-corrected chi connectivity index (χ4v) is 3.76. The summed E-state index contributed by atoms with van der Waals surface area (Å²) in [6.45, 7) is 13.7. The Balaban J connectivity index is 3.28. The van der Waals surface area contributed by atoms with Crippen LogP contribution >= 0.6 is 0 Å². The highest BCUT2D eigenvalue weighted by molar-refractivity contribution is 5.91. The predicted octanol–water partition coefficient (Wildman–Crippen LogP) is 0.154. The molecular formula is C38H72O20. The molecule has 0 aromatic heterocycles. The van der Waals surface area contributed by atoms with Crippen LogP contribution in [0, 0.1) is 0 Å². The van der Waals surface area contributed by atoms with Crippen LogP contribution in [0.5, 0.6) is 0 Å². The van der Waals surface area contributed by atoms with E-state index in [1.54, 1.807) is 14.2 Å². The van der Waals surface area contributed by atoms with E-state index in [0.717, 1.165) is 12.2 Å². The Kier molecular flexibility index (Phi) is 49.5. The molecule has 0 atom stereocenters. The Morgan fingerprint density at radius 3 is 0.534 bits per heavy atom. The maximum Gasteiger partial charge on any atom is 0.331 e. The molecule has 0 N–H and O–H groups in total. The third kappa shape index (κ3) is 50.2. The zero-order valence-corrected chi connectivity index (χ0v) is 34.9. The van der Waals surface area contributed by atoms with Gasteiger partial charge in [-0.2, -0.15) is 0 Å². The fraction of sp³-hybridized carbons (Fsp3) is 0.895. The van der Waals surface area contributed by atoms with Crippen LogP contribution in [0.15, 0.2) is 12.2 Å². The summed E-state index contributed by atoms with van der Waals surface area (Å²) in [5, 5.41) is 0. The van der Waals surface area contributed by atoms with Crippen LogP contribution < -0.4 is 0 Å². The normalized spacial score (nSPS) is 11.6. The summed E-state index contributed by atoms with van der Waals surface area (Å²) in [4.78, 5) is 23.5. The van der Waals surface area contributed by atoms with E-state index in [-0.39, 0.29) is 26.4 Å². The van der Waals surface area contributed by atoms with Gasteiger partial charge in [0.1, 0.15) is 13.2 Å². The topological polar surface area (TPSA) is 200 Å². The van der Waals surface area contributed by atoms with Crippen molar-refractivity contribution in [2.24, 2.45) is 0 Å². The lowest BCUT2D eigenvalue weighted by molar-refractivity contribution is -0.142. The van der Waals surface area contributed by atoms with Crippen molar-refractivity contribution in [1.29, 1.82) is 0 Å². The third-order valence-corrected chi connectivity index (χ3v) is 6.63. The highest BCUT2D eigenvalue weighted by atomic mass is 16.6. The third-order valence-electron chi connectivity index (χ3n) is 6.63. The van der Waals surface area contributed by atoms with E-state index in [1.165, 1.54) is 0 Å². The first-order valence-electron chi connectivity index (χ1n) is 19.8. The van der Waals surface area contributed by atoms with Crippen LogP contribution in [0.4, 0.5) is 0 Å². The molecule has 0 rings (SSSR count). The van der Waals surface area contributed by atoms with Crippen molar-refractivity contribution in [2.75, 3.05) is 226 Å². The first kappa shape index (κ1) is 56.0. The summed E-state index contributed by atoms with van der Waals surface area (Å²) in [5.41, 5.74) is 0. The van der Waals surface area contributed by atoms with Gasteiger partial charge >= 0.3 is 11.9 Å². The van der Waals surface area contributed by atoms with Crippen molar-refractivity contribution < 1.29 is 94.9 Å². The molecule has 0 spiro atoms. The molecule has 0 heterocycles. The number of carbonyl (C=O) groups is 2. The van der Waals surface area contributed by atoms with Gasteiger partial charge in [-0.3, -0.25) is 0 Å². The van der Waals surface area contributed by atoms with Crippen LogP contribution in [0.3, 0.4) is 0 Å². The fourth-order valence-electron chi connectivity index (χ4n) is 3.76. The minimum absolute atomic E-state index is 0.0309. The van der Waals surface area contributed by atoms with Crippen molar-refractivity contribution in [2.45, 2.75) is 0 Å². The van der Waals surface area contributed by atoms with Crippen molar-refractivity contribution in [3.05, 3.63) is 12.2 Å². The smallest absolute Gasteiger partial charge is 0.331 e. The van der Waals surface area contributed by atoms with Gasteiger partial charge in [0.25, 0.3) is 0 Å². The van der Waals surface area contributed by atoms with Gasteiger partial charge < -0.3 is 85.3 Å². The molecule has 58 heavy (non-hydrogen) atoms. The molecule has 20 heteroatoms. The van der Waals surface area contributed by atoms with Crippen LogP contribution in [0.25, 0.3) is 0 Å². The second kappa shape index (κ2) is 51.2. The first-order chi connectivity index (χ1) is 28.7. The van der Waals surface area contributed by atoms with Crippen molar-refractivity contribution in [3.8, 4) is 0 Å². The van der Waals surface area contributed by atoms with Crippen molar-refractivity contribution in [1.82, 2.24) is 0 Å². The van der Waals surface area contributed by atoms with Crippen LogP contribution in [0.2, 0.25) is 0 Å². The van der Waals surface area contributed by atoms with Crippen molar-refractivity contribution >= 4 is 11.9 Å². The molecule has 0 aromatic rings. The highest BCUT2D eigenvalue weighted by Gasteiger charge is 2.02. The lowest BCUT2D eigenvalue weighted by Crippen LogP contribution is -2.15. The van der Waals surface area contributed by atoms with E-state index in [0.29, 0.717) is 185 Å². The summed E-state index contributed by atoms with van der Waals surface area (Å²) in [7, 11) is 3.27. The predicted molar refractivity (Wildman–Crippen MR) is 206 cm³/mol. The van der Waals surface area contributed by atoms with E-state index >= 15 is 0 Å². The van der Waals surface area contributed by atoms with E-state index in [2.05, 4.69) is 0 Å². The highest BCUT2D eigenvalue weighted by Crippen LogP contribution is 1.90. The SMILES string of the molecule is COCCOCCOCCOCCOCCOCCOCCOCCOC(=O)/C=C\C(=O)OCCOCCOCCOCCOCCOCCOCCOCCOC. The summed E-state index contributed by atoms with van der Waals surface area (Å²) in [5.74, 6) is -1.37. The molecule has 0 aliphatic rings. The molecule has 0 fully saturated rings. The van der Waals surface area contributed by atoms with Gasteiger partial charge in [0, 0.05) is 26.4 Å². The van der Waals surface area contributed by atoms with Gasteiger partial charge in [0.2, 0.25) is 0 Å². The zero-order valence-electron chi connectivity index (χ0n) is 34.9. The maximum atomic E-state index is 11.8. The molecule has 0 aromatic carbocycles. The molecule has 0 radical (unpaired) electrons. The van der Waals surface area contributed by atoms with Gasteiger partial charge in [0.05, 0.1) is 198 Å². The Morgan fingerprint density at radius 2 is 0.379 bits per heavy atom. The van der Waals surface area contributed by atoms with Crippen molar-refractivity contribution in [3.63, 3.8) is 0 Å². The Hall–Kier alpha value is -1.96. The summed E-state index contributed by atoms with van der Waals surface area (Å²) >= 11 is 0. The summed E-state index contributed by atoms with van der Waals surface area (Å²) < 4.78 is 95.3. The van der Waals surface area contributed by atoms with E-state index in [4.69, 9.17) is 85.3 Å². The molecule has 20 nitrogen and oxygen atoms in total. The second-order valence-corrected chi connectivity index (χ2v) is 11.2. The van der Waals surface area contributed by atoms with E-state index < -0.39 is 11.9 Å². The quantitative estimate of drug-likeness (QED) is 0.0455. The Morgan fingerprint density at radius 1 is 0.241 bits per heavy atom. The number of ether oxygens (including phenoxy) is 18. The Labute approximate surface area is 344 Å². The summed E-state index contributed by atoms with van der Waals surface area (Å²) in [6.07, 6.45) is 1.99. The number of carbonyl (C=O) groups excluding carboxylic acids is 2. The molecule has 0 amide bonds. The molecule has 344 valence electrons. The molecular weight excluding hydrogens is 776 g/mol. The van der Waals surface area contributed by atoms with Gasteiger partial charge in [-0.05, 0) is 0 Å². The van der Waals surface area contributed by atoms with Gasteiger partial charge in [0.15, 0.2) is 0 Å². The lowest BCUT2D eigenvalue weighted by atomic mass is 10.5. The number of hydrogen-bond donors (Lipinski definition) is 0. The molecule has 0 unspecified atom stereocenters. The largest absolute Gasteiger partial charge is 0.460 e. The second-order valence-electron chi connectivity index (χ2n) is 11.2. The monoisotopic (exact) mass is 848 g/mol. The number of methoxy groups -OCH3 is 2. The standard InChI is InChI=1S/C38H72O20/c1-41-5-7-43-9-11-45-13-15-47-17-19-49-21-23-51-25-27-53-29-31-55-33-35-57-37(39)3-4-38(40)58-36-34-56-32-30-54-28-26-52-24-22-50-20-18-48-16-14-46-12-10-44-8-6-42-2/h3-4H,5-36H2,1-2H3/b4-3-. The zero-order chi connectivity index (χ0) is 41.9.